The predicted octanol–water partition coefficient (Wildman–Crippen LogP) is 1.13. The Morgan fingerprint density at radius 1 is 1.19 bits per heavy atom. The number of nitrogens with one attached hydrogen (secondary N) is 1. The number of nitrogens with zero attached hydrogens (tertiary/aromatic N) is 2. The third-order valence-electron chi connectivity index (χ3n) is 2.60. The summed E-state index contributed by atoms with van der Waals surface area (Å²) in [5, 5.41) is 0. The van der Waals surface area contributed by atoms with Crippen LogP contribution in [-0.2, 0) is 16.6 Å². The normalized spacial score (nSPS) is 11.1. The molecule has 3 N–H and O–H groups in total. The van der Waals surface area contributed by atoms with E-state index in [2.05, 4.69) is 14.7 Å². The molecule has 0 fully saturated rings. The van der Waals surface area contributed by atoms with Crippen LogP contribution in [0.15, 0.2) is 41.6 Å². The number of aromatic nitrogens is 2. The molecule has 2 heterocycles. The van der Waals surface area contributed by atoms with Gasteiger partial charge in [-0.1, -0.05) is 0 Å². The van der Waals surface area contributed by atoms with Gasteiger partial charge in [0.05, 0.1) is 24.2 Å². The first-order valence-corrected chi connectivity index (χ1v) is 7.80. The van der Waals surface area contributed by atoms with Gasteiger partial charge in [0, 0.05) is 18.8 Å². The van der Waals surface area contributed by atoms with Crippen LogP contribution in [0.3, 0.4) is 0 Å². The van der Waals surface area contributed by atoms with E-state index in [-0.39, 0.29) is 11.4 Å². The Balaban J connectivity index is 2.16. The van der Waals surface area contributed by atoms with Crippen LogP contribution in [-0.4, -0.2) is 25.0 Å². The van der Waals surface area contributed by atoms with Crippen molar-refractivity contribution in [3.63, 3.8) is 0 Å². The van der Waals surface area contributed by atoms with E-state index in [9.17, 15) is 8.42 Å². The molecule has 2 aromatic rings. The Morgan fingerprint density at radius 3 is 2.52 bits per heavy atom. The van der Waals surface area contributed by atoms with Crippen LogP contribution in [0, 0.1) is 0 Å². The molecule has 112 valence electrons. The average molecular weight is 308 g/mol. The van der Waals surface area contributed by atoms with E-state index in [1.165, 1.54) is 18.5 Å². The number of nitrogens with two attached hydrogens (primary N) is 1. The van der Waals surface area contributed by atoms with Crippen molar-refractivity contribution in [1.82, 2.24) is 9.97 Å². The van der Waals surface area contributed by atoms with Gasteiger partial charge >= 0.3 is 0 Å². The molecule has 21 heavy (non-hydrogen) atoms. The molecule has 0 saturated heterocycles. The van der Waals surface area contributed by atoms with Gasteiger partial charge in [0.15, 0.2) is 0 Å². The first kappa shape index (κ1) is 15.2. The summed E-state index contributed by atoms with van der Waals surface area (Å²) in [6.45, 7) is 2.60. The number of rotatable bonds is 6. The number of hydrogen-bond donors (Lipinski definition) is 2. The van der Waals surface area contributed by atoms with Crippen LogP contribution in [0.4, 0.5) is 5.69 Å². The zero-order valence-corrected chi connectivity index (χ0v) is 12.3. The van der Waals surface area contributed by atoms with Gasteiger partial charge in [-0.05, 0) is 25.1 Å². The molecule has 0 bridgehead atoms. The summed E-state index contributed by atoms with van der Waals surface area (Å²) < 4.78 is 32.0. The molecule has 7 nitrogen and oxygen atoms in total. The maximum absolute atomic E-state index is 12.2. The Hall–Kier alpha value is -2.19. The third-order valence-corrected chi connectivity index (χ3v) is 3.96. The van der Waals surface area contributed by atoms with Crippen molar-refractivity contribution in [1.29, 1.82) is 0 Å². The average Bonchev–Trinajstić information content (AvgIpc) is 2.49. The maximum atomic E-state index is 12.2. The SMILES string of the molecule is CCOc1ccc(NS(=O)(=O)c2ccc(CN)nc2)cn1. The lowest BCUT2D eigenvalue weighted by molar-refractivity contribution is 0.327. The molecule has 0 aliphatic carbocycles. The molecule has 0 aliphatic heterocycles. The van der Waals surface area contributed by atoms with Gasteiger partial charge in [0.25, 0.3) is 10.0 Å². The fourth-order valence-electron chi connectivity index (χ4n) is 1.58. The molecule has 0 spiro atoms. The lowest BCUT2D eigenvalue weighted by Crippen LogP contribution is -2.14. The quantitative estimate of drug-likeness (QED) is 0.828. The van der Waals surface area contributed by atoms with E-state index in [4.69, 9.17) is 10.5 Å². The molecular weight excluding hydrogens is 292 g/mol. The van der Waals surface area contributed by atoms with Crippen LogP contribution in [0.2, 0.25) is 0 Å². The van der Waals surface area contributed by atoms with E-state index >= 15 is 0 Å². The molecule has 0 aliphatic rings. The highest BCUT2D eigenvalue weighted by molar-refractivity contribution is 7.92. The Kier molecular flexibility index (Phi) is 4.71. The first-order chi connectivity index (χ1) is 10.0. The third kappa shape index (κ3) is 3.89. The lowest BCUT2D eigenvalue weighted by Gasteiger charge is -2.08. The highest BCUT2D eigenvalue weighted by Gasteiger charge is 2.14. The monoisotopic (exact) mass is 308 g/mol. The minimum atomic E-state index is -3.70. The molecule has 8 heteroatoms. The topological polar surface area (TPSA) is 107 Å². The summed E-state index contributed by atoms with van der Waals surface area (Å²) in [6, 6.07) is 6.21. The fraction of sp³-hybridized carbons (Fsp3) is 0.231. The summed E-state index contributed by atoms with van der Waals surface area (Å²) in [4.78, 5) is 8.02. The number of hydrogen-bond acceptors (Lipinski definition) is 6. The largest absolute Gasteiger partial charge is 0.478 e. The summed E-state index contributed by atoms with van der Waals surface area (Å²) >= 11 is 0. The van der Waals surface area contributed by atoms with Crippen LogP contribution in [0.5, 0.6) is 5.88 Å². The molecule has 0 aromatic carbocycles. The second-order valence-electron chi connectivity index (χ2n) is 4.11. The minimum absolute atomic E-state index is 0.0635. The van der Waals surface area contributed by atoms with Gasteiger partial charge in [0.2, 0.25) is 5.88 Å². The number of sulfonamides is 1. The first-order valence-electron chi connectivity index (χ1n) is 6.32. The van der Waals surface area contributed by atoms with E-state index in [1.54, 1.807) is 18.2 Å². The summed E-state index contributed by atoms with van der Waals surface area (Å²) in [5.41, 5.74) is 6.39. The standard InChI is InChI=1S/C13H16N4O3S/c1-2-20-13-6-4-11(8-16-13)17-21(18,19)12-5-3-10(7-14)15-9-12/h3-6,8-9,17H,2,7,14H2,1H3. The van der Waals surface area contributed by atoms with Gasteiger partial charge in [0.1, 0.15) is 4.90 Å². The molecular formula is C13H16N4O3S. The van der Waals surface area contributed by atoms with Crippen molar-refractivity contribution in [3.05, 3.63) is 42.4 Å². The van der Waals surface area contributed by atoms with Crippen LogP contribution >= 0.6 is 0 Å². The molecule has 2 aromatic heterocycles. The molecule has 0 atom stereocenters. The molecule has 0 unspecified atom stereocenters. The van der Waals surface area contributed by atoms with Crippen LogP contribution in [0.1, 0.15) is 12.6 Å². The highest BCUT2D eigenvalue weighted by atomic mass is 32.2. The number of anilines is 1. The van der Waals surface area contributed by atoms with Crippen LogP contribution < -0.4 is 15.2 Å². The lowest BCUT2D eigenvalue weighted by atomic mass is 10.4. The molecule has 0 saturated carbocycles. The predicted molar refractivity (Wildman–Crippen MR) is 78.3 cm³/mol. The van der Waals surface area contributed by atoms with Gasteiger partial charge in [-0.15, -0.1) is 0 Å². The van der Waals surface area contributed by atoms with E-state index in [1.807, 2.05) is 6.92 Å². The van der Waals surface area contributed by atoms with Gasteiger partial charge in [-0.3, -0.25) is 9.71 Å². The highest BCUT2D eigenvalue weighted by Crippen LogP contribution is 2.17. The van der Waals surface area contributed by atoms with Gasteiger partial charge < -0.3 is 10.5 Å². The zero-order valence-electron chi connectivity index (χ0n) is 11.5. The summed E-state index contributed by atoms with van der Waals surface area (Å²) in [7, 11) is -3.70. The van der Waals surface area contributed by atoms with Crippen molar-refractivity contribution in [3.8, 4) is 5.88 Å². The zero-order chi connectivity index (χ0) is 15.3. The minimum Gasteiger partial charge on any atom is -0.478 e. The smallest absolute Gasteiger partial charge is 0.263 e. The number of pyridine rings is 2. The molecule has 2 rings (SSSR count). The van der Waals surface area contributed by atoms with Gasteiger partial charge in [-0.25, -0.2) is 13.4 Å². The van der Waals surface area contributed by atoms with Gasteiger partial charge in [-0.2, -0.15) is 0 Å². The van der Waals surface area contributed by atoms with E-state index < -0.39 is 10.0 Å². The number of ether oxygens (including phenoxy) is 1. The second-order valence-corrected chi connectivity index (χ2v) is 5.80. The maximum Gasteiger partial charge on any atom is 0.263 e. The van der Waals surface area contributed by atoms with Crippen molar-refractivity contribution in [2.24, 2.45) is 5.73 Å². The van der Waals surface area contributed by atoms with Crippen molar-refractivity contribution >= 4 is 15.7 Å². The van der Waals surface area contributed by atoms with Crippen molar-refractivity contribution < 1.29 is 13.2 Å². The second kappa shape index (κ2) is 6.51. The Morgan fingerprint density at radius 2 is 2.00 bits per heavy atom. The molecule has 0 amide bonds. The Bertz CT molecular complexity index is 684. The van der Waals surface area contributed by atoms with Crippen LogP contribution in [0.25, 0.3) is 0 Å². The van der Waals surface area contributed by atoms with E-state index in [0.29, 0.717) is 23.9 Å². The van der Waals surface area contributed by atoms with E-state index in [0.717, 1.165) is 0 Å². The van der Waals surface area contributed by atoms with Crippen molar-refractivity contribution in [2.45, 2.75) is 18.4 Å². The van der Waals surface area contributed by atoms with Crippen molar-refractivity contribution in [2.75, 3.05) is 11.3 Å². The fourth-order valence-corrected chi connectivity index (χ4v) is 2.57. The Labute approximate surface area is 123 Å². The summed E-state index contributed by atoms with van der Waals surface area (Å²) in [6.07, 6.45) is 2.66. The molecule has 0 radical (unpaired) electrons. The summed E-state index contributed by atoms with van der Waals surface area (Å²) in [5.74, 6) is 0.439.